The standard InChI is InChI=1S/C10H14ClNOS/c11-7-4-8(14-6-7)5-12-9-2-1-3-10(9)13/h4,6,9-10,12-13H,1-3,5H2. The third-order valence-electron chi connectivity index (χ3n) is 2.64. The van der Waals surface area contributed by atoms with Gasteiger partial charge in [0.2, 0.25) is 0 Å². The maximum absolute atomic E-state index is 9.59. The molecule has 1 aliphatic rings. The monoisotopic (exact) mass is 231 g/mol. The summed E-state index contributed by atoms with van der Waals surface area (Å²) in [5.41, 5.74) is 0. The van der Waals surface area contributed by atoms with Gasteiger partial charge in [-0.2, -0.15) is 0 Å². The molecule has 4 heteroatoms. The SMILES string of the molecule is OC1CCCC1NCc1cc(Cl)cs1. The minimum Gasteiger partial charge on any atom is -0.392 e. The maximum Gasteiger partial charge on any atom is 0.0693 e. The summed E-state index contributed by atoms with van der Waals surface area (Å²) in [4.78, 5) is 1.23. The molecule has 0 aliphatic heterocycles. The summed E-state index contributed by atoms with van der Waals surface area (Å²) < 4.78 is 0. The predicted octanol–water partition coefficient (Wildman–Crippen LogP) is 2.40. The van der Waals surface area contributed by atoms with E-state index in [-0.39, 0.29) is 12.1 Å². The highest BCUT2D eigenvalue weighted by molar-refractivity contribution is 7.10. The molecule has 0 saturated heterocycles. The number of halogens is 1. The summed E-state index contributed by atoms with van der Waals surface area (Å²) in [5.74, 6) is 0. The average Bonchev–Trinajstić information content (AvgIpc) is 2.72. The Morgan fingerprint density at radius 1 is 1.57 bits per heavy atom. The molecule has 0 spiro atoms. The van der Waals surface area contributed by atoms with Crippen molar-refractivity contribution in [1.82, 2.24) is 5.32 Å². The van der Waals surface area contributed by atoms with Crippen LogP contribution in [0.3, 0.4) is 0 Å². The van der Waals surface area contributed by atoms with Crippen LogP contribution < -0.4 is 5.32 Å². The predicted molar refractivity (Wildman–Crippen MR) is 59.8 cm³/mol. The lowest BCUT2D eigenvalue weighted by Gasteiger charge is -2.15. The van der Waals surface area contributed by atoms with E-state index in [0.717, 1.165) is 30.8 Å². The van der Waals surface area contributed by atoms with Gasteiger partial charge in [-0.25, -0.2) is 0 Å². The molecule has 2 rings (SSSR count). The van der Waals surface area contributed by atoms with Crippen molar-refractivity contribution in [2.45, 2.75) is 38.0 Å². The molecular weight excluding hydrogens is 218 g/mol. The number of aliphatic hydroxyl groups is 1. The number of aliphatic hydroxyl groups excluding tert-OH is 1. The molecule has 2 N–H and O–H groups in total. The lowest BCUT2D eigenvalue weighted by molar-refractivity contribution is 0.149. The molecule has 1 aliphatic carbocycles. The minimum atomic E-state index is -0.162. The first-order chi connectivity index (χ1) is 6.75. The fourth-order valence-electron chi connectivity index (χ4n) is 1.86. The van der Waals surface area contributed by atoms with E-state index < -0.39 is 0 Å². The van der Waals surface area contributed by atoms with E-state index in [4.69, 9.17) is 11.6 Å². The van der Waals surface area contributed by atoms with Gasteiger partial charge in [-0.15, -0.1) is 11.3 Å². The zero-order chi connectivity index (χ0) is 9.97. The van der Waals surface area contributed by atoms with Gasteiger partial charge in [0.05, 0.1) is 11.1 Å². The molecule has 1 aromatic heterocycles. The second-order valence-electron chi connectivity index (χ2n) is 3.72. The number of rotatable bonds is 3. The molecule has 0 aromatic carbocycles. The number of nitrogens with one attached hydrogen (secondary N) is 1. The van der Waals surface area contributed by atoms with Crippen molar-refractivity contribution in [3.05, 3.63) is 21.3 Å². The maximum atomic E-state index is 9.59. The van der Waals surface area contributed by atoms with Gasteiger partial charge in [-0.1, -0.05) is 11.6 Å². The van der Waals surface area contributed by atoms with Gasteiger partial charge in [0, 0.05) is 22.8 Å². The number of hydrogen-bond donors (Lipinski definition) is 2. The van der Waals surface area contributed by atoms with Gasteiger partial charge >= 0.3 is 0 Å². The Morgan fingerprint density at radius 3 is 3.00 bits per heavy atom. The van der Waals surface area contributed by atoms with Crippen LogP contribution in [0, 0.1) is 0 Å². The molecule has 1 aromatic rings. The normalized spacial score (nSPS) is 27.0. The topological polar surface area (TPSA) is 32.3 Å². The zero-order valence-electron chi connectivity index (χ0n) is 7.87. The second kappa shape index (κ2) is 4.62. The van der Waals surface area contributed by atoms with Crippen LogP contribution in [0.25, 0.3) is 0 Å². The molecule has 2 atom stereocenters. The Bertz CT molecular complexity index is 302. The van der Waals surface area contributed by atoms with Crippen LogP contribution in [0.5, 0.6) is 0 Å². The summed E-state index contributed by atoms with van der Waals surface area (Å²) >= 11 is 7.48. The number of thiophene rings is 1. The lowest BCUT2D eigenvalue weighted by Crippen LogP contribution is -2.34. The van der Waals surface area contributed by atoms with E-state index >= 15 is 0 Å². The molecular formula is C10H14ClNOS. The van der Waals surface area contributed by atoms with Crippen LogP contribution in [0.4, 0.5) is 0 Å². The van der Waals surface area contributed by atoms with Gasteiger partial charge in [0.25, 0.3) is 0 Å². The fraction of sp³-hybridized carbons (Fsp3) is 0.600. The Morgan fingerprint density at radius 2 is 2.43 bits per heavy atom. The summed E-state index contributed by atoms with van der Waals surface area (Å²) in [6, 6.07) is 2.25. The Hall–Kier alpha value is -0.0900. The minimum absolute atomic E-state index is 0.162. The third kappa shape index (κ3) is 2.48. The average molecular weight is 232 g/mol. The molecule has 2 nitrogen and oxygen atoms in total. The first-order valence-electron chi connectivity index (χ1n) is 4.90. The van der Waals surface area contributed by atoms with Crippen LogP contribution in [0.15, 0.2) is 11.4 Å². The van der Waals surface area contributed by atoms with Gasteiger partial charge in [-0.3, -0.25) is 0 Å². The van der Waals surface area contributed by atoms with Crippen LogP contribution in [0.1, 0.15) is 24.1 Å². The van der Waals surface area contributed by atoms with Crippen LogP contribution in [-0.2, 0) is 6.54 Å². The molecule has 78 valence electrons. The van der Waals surface area contributed by atoms with Crippen molar-refractivity contribution in [2.24, 2.45) is 0 Å². The first-order valence-corrected chi connectivity index (χ1v) is 6.16. The third-order valence-corrected chi connectivity index (χ3v) is 3.92. The smallest absolute Gasteiger partial charge is 0.0693 e. The van der Waals surface area contributed by atoms with Gasteiger partial charge in [0.15, 0.2) is 0 Å². The van der Waals surface area contributed by atoms with Crippen molar-refractivity contribution >= 4 is 22.9 Å². The highest BCUT2D eigenvalue weighted by Crippen LogP contribution is 2.22. The Kier molecular flexibility index (Phi) is 3.44. The molecule has 2 unspecified atom stereocenters. The molecule has 14 heavy (non-hydrogen) atoms. The molecule has 1 fully saturated rings. The van der Waals surface area contributed by atoms with Crippen LogP contribution in [-0.4, -0.2) is 17.3 Å². The molecule has 0 bridgehead atoms. The Balaban J connectivity index is 1.82. The van der Waals surface area contributed by atoms with E-state index in [1.807, 2.05) is 11.4 Å². The molecule has 1 saturated carbocycles. The quantitative estimate of drug-likeness (QED) is 0.838. The largest absolute Gasteiger partial charge is 0.392 e. The van der Waals surface area contributed by atoms with Crippen molar-refractivity contribution in [3.63, 3.8) is 0 Å². The van der Waals surface area contributed by atoms with Crippen molar-refractivity contribution in [2.75, 3.05) is 0 Å². The van der Waals surface area contributed by atoms with E-state index in [2.05, 4.69) is 5.32 Å². The summed E-state index contributed by atoms with van der Waals surface area (Å²) in [6.07, 6.45) is 2.98. The highest BCUT2D eigenvalue weighted by Gasteiger charge is 2.24. The lowest BCUT2D eigenvalue weighted by atomic mass is 10.2. The van der Waals surface area contributed by atoms with E-state index in [1.54, 1.807) is 11.3 Å². The zero-order valence-corrected chi connectivity index (χ0v) is 9.44. The number of hydrogen-bond acceptors (Lipinski definition) is 3. The second-order valence-corrected chi connectivity index (χ2v) is 5.15. The summed E-state index contributed by atoms with van der Waals surface area (Å²) in [7, 11) is 0. The van der Waals surface area contributed by atoms with Gasteiger partial charge < -0.3 is 10.4 Å². The van der Waals surface area contributed by atoms with Crippen molar-refractivity contribution < 1.29 is 5.11 Å². The molecule has 0 amide bonds. The van der Waals surface area contributed by atoms with E-state index in [0.29, 0.717) is 0 Å². The van der Waals surface area contributed by atoms with E-state index in [9.17, 15) is 5.11 Å². The van der Waals surface area contributed by atoms with Crippen LogP contribution >= 0.6 is 22.9 Å². The fourth-order valence-corrected chi connectivity index (χ4v) is 2.88. The van der Waals surface area contributed by atoms with Crippen LogP contribution in [0.2, 0.25) is 5.02 Å². The molecule has 0 radical (unpaired) electrons. The van der Waals surface area contributed by atoms with E-state index in [1.165, 1.54) is 4.88 Å². The molecule has 1 heterocycles. The summed E-state index contributed by atoms with van der Waals surface area (Å²) in [6.45, 7) is 0.819. The van der Waals surface area contributed by atoms with Crippen molar-refractivity contribution in [1.29, 1.82) is 0 Å². The first kappa shape index (κ1) is 10.4. The highest BCUT2D eigenvalue weighted by atomic mass is 35.5. The van der Waals surface area contributed by atoms with Gasteiger partial charge in [0.1, 0.15) is 0 Å². The summed E-state index contributed by atoms with van der Waals surface area (Å²) in [5, 5.41) is 15.7. The Labute approximate surface area is 92.9 Å². The van der Waals surface area contributed by atoms with Crippen molar-refractivity contribution in [3.8, 4) is 0 Å². The van der Waals surface area contributed by atoms with Gasteiger partial charge in [-0.05, 0) is 25.3 Å².